The van der Waals surface area contributed by atoms with Gasteiger partial charge in [-0.2, -0.15) is 0 Å². The van der Waals surface area contributed by atoms with Crippen molar-refractivity contribution in [2.45, 2.75) is 0 Å². The van der Waals surface area contributed by atoms with E-state index in [1.165, 1.54) is 32.3 Å². The summed E-state index contributed by atoms with van der Waals surface area (Å²) in [5.74, 6) is 1.96. The average molecular weight is 524 g/mol. The number of aromatic nitrogens is 3. The molecule has 7 aromatic carbocycles. The van der Waals surface area contributed by atoms with Gasteiger partial charge in [0, 0.05) is 32.8 Å². The summed E-state index contributed by atoms with van der Waals surface area (Å²) >= 11 is 0. The maximum absolute atomic E-state index is 6.40. The van der Waals surface area contributed by atoms with Crippen LogP contribution < -0.4 is 0 Å². The number of fused-ring (bicyclic) bond motifs is 5. The van der Waals surface area contributed by atoms with Crippen molar-refractivity contribution in [3.05, 3.63) is 127 Å². The highest BCUT2D eigenvalue weighted by Crippen LogP contribution is 2.45. The highest BCUT2D eigenvalue weighted by molar-refractivity contribution is 6.38. The fraction of sp³-hybridized carbons (Fsp3) is 0. The molecular formula is C37H21N3O. The highest BCUT2D eigenvalue weighted by Gasteiger charge is 2.20. The van der Waals surface area contributed by atoms with Crippen molar-refractivity contribution in [2.24, 2.45) is 0 Å². The first-order chi connectivity index (χ1) is 20.3. The predicted octanol–water partition coefficient (Wildman–Crippen LogP) is 9.67. The van der Waals surface area contributed by atoms with Gasteiger partial charge in [-0.15, -0.1) is 0 Å². The third-order valence-corrected chi connectivity index (χ3v) is 8.05. The number of benzene rings is 7. The molecule has 0 aliphatic carbocycles. The molecule has 2 aromatic heterocycles. The van der Waals surface area contributed by atoms with E-state index in [1.807, 2.05) is 60.7 Å². The SMILES string of the molecule is c1ccc(-c2nc(-c3ccccc3)nc(-c3ccc4cc5oc6cccc7c8ccccc8c(c4c3)c5c67)n2)cc1. The molecule has 2 heterocycles. The van der Waals surface area contributed by atoms with Crippen LogP contribution in [0.15, 0.2) is 132 Å². The van der Waals surface area contributed by atoms with Crippen LogP contribution in [0.4, 0.5) is 0 Å². The number of nitrogens with zero attached hydrogens (tertiary/aromatic N) is 3. The summed E-state index contributed by atoms with van der Waals surface area (Å²) in [4.78, 5) is 14.8. The van der Waals surface area contributed by atoms with Crippen LogP contribution in [0.1, 0.15) is 0 Å². The number of furan rings is 1. The van der Waals surface area contributed by atoms with Gasteiger partial charge in [-0.1, -0.05) is 109 Å². The van der Waals surface area contributed by atoms with Crippen LogP contribution >= 0.6 is 0 Å². The molecule has 0 unspecified atom stereocenters. The zero-order chi connectivity index (χ0) is 26.9. The van der Waals surface area contributed by atoms with Gasteiger partial charge in [0.05, 0.1) is 0 Å². The molecule has 4 nitrogen and oxygen atoms in total. The van der Waals surface area contributed by atoms with Crippen LogP contribution in [0, 0.1) is 0 Å². The molecule has 0 aliphatic rings. The topological polar surface area (TPSA) is 51.8 Å². The summed E-state index contributed by atoms with van der Waals surface area (Å²) in [6.07, 6.45) is 0. The summed E-state index contributed by atoms with van der Waals surface area (Å²) in [5, 5.41) is 9.49. The molecule has 0 saturated carbocycles. The third-order valence-electron chi connectivity index (χ3n) is 8.05. The molecule has 0 spiro atoms. The molecule has 0 amide bonds. The maximum Gasteiger partial charge on any atom is 0.164 e. The largest absolute Gasteiger partial charge is 0.456 e. The summed E-state index contributed by atoms with van der Waals surface area (Å²) in [6.45, 7) is 0. The molecular weight excluding hydrogens is 502 g/mol. The Bertz CT molecular complexity index is 2350. The molecule has 0 bridgehead atoms. The Labute approximate surface area is 234 Å². The van der Waals surface area contributed by atoms with Crippen LogP contribution in [-0.2, 0) is 0 Å². The molecule has 0 atom stereocenters. The highest BCUT2D eigenvalue weighted by atomic mass is 16.3. The Morgan fingerprint density at radius 1 is 0.366 bits per heavy atom. The Balaban J connectivity index is 1.37. The summed E-state index contributed by atoms with van der Waals surface area (Å²) in [7, 11) is 0. The zero-order valence-electron chi connectivity index (χ0n) is 21.9. The zero-order valence-corrected chi connectivity index (χ0v) is 21.9. The molecule has 0 radical (unpaired) electrons. The van der Waals surface area contributed by atoms with Gasteiger partial charge in [0.1, 0.15) is 11.2 Å². The van der Waals surface area contributed by atoms with E-state index in [1.54, 1.807) is 0 Å². The van der Waals surface area contributed by atoms with Gasteiger partial charge in [-0.05, 0) is 45.1 Å². The third kappa shape index (κ3) is 3.31. The fourth-order valence-electron chi connectivity index (χ4n) is 6.21. The van der Waals surface area contributed by atoms with E-state index >= 15 is 0 Å². The van der Waals surface area contributed by atoms with Crippen LogP contribution in [0.25, 0.3) is 88.4 Å². The van der Waals surface area contributed by atoms with Gasteiger partial charge in [0.15, 0.2) is 17.5 Å². The van der Waals surface area contributed by atoms with E-state index in [0.29, 0.717) is 17.5 Å². The minimum absolute atomic E-state index is 0.647. The lowest BCUT2D eigenvalue weighted by Gasteiger charge is -2.12. The molecule has 4 heteroatoms. The van der Waals surface area contributed by atoms with Crippen molar-refractivity contribution in [3.63, 3.8) is 0 Å². The lowest BCUT2D eigenvalue weighted by molar-refractivity contribution is 0.670. The van der Waals surface area contributed by atoms with Gasteiger partial charge >= 0.3 is 0 Å². The van der Waals surface area contributed by atoms with E-state index in [4.69, 9.17) is 19.4 Å². The van der Waals surface area contributed by atoms with Gasteiger partial charge in [-0.3, -0.25) is 0 Å². The second-order valence-corrected chi connectivity index (χ2v) is 10.4. The molecule has 0 fully saturated rings. The van der Waals surface area contributed by atoms with Crippen LogP contribution in [-0.4, -0.2) is 15.0 Å². The molecule has 0 N–H and O–H groups in total. The van der Waals surface area contributed by atoms with Crippen LogP contribution in [0.5, 0.6) is 0 Å². The van der Waals surface area contributed by atoms with Gasteiger partial charge < -0.3 is 4.42 Å². The number of rotatable bonds is 3. The second kappa shape index (κ2) is 8.44. The summed E-state index contributed by atoms with van der Waals surface area (Å²) in [5.41, 5.74) is 4.69. The average Bonchev–Trinajstić information content (AvgIpc) is 3.42. The van der Waals surface area contributed by atoms with Crippen LogP contribution in [0.2, 0.25) is 0 Å². The Kier molecular flexibility index (Phi) is 4.58. The molecule has 190 valence electrons. The minimum atomic E-state index is 0.647. The monoisotopic (exact) mass is 523 g/mol. The fourth-order valence-corrected chi connectivity index (χ4v) is 6.21. The number of hydrogen-bond donors (Lipinski definition) is 0. The predicted molar refractivity (Wildman–Crippen MR) is 167 cm³/mol. The first-order valence-electron chi connectivity index (χ1n) is 13.7. The molecule has 9 rings (SSSR count). The smallest absolute Gasteiger partial charge is 0.164 e. The minimum Gasteiger partial charge on any atom is -0.456 e. The van der Waals surface area contributed by atoms with Crippen molar-refractivity contribution >= 4 is 54.3 Å². The second-order valence-electron chi connectivity index (χ2n) is 10.4. The Morgan fingerprint density at radius 2 is 0.951 bits per heavy atom. The van der Waals surface area contributed by atoms with Crippen molar-refractivity contribution in [1.29, 1.82) is 0 Å². The Hall–Kier alpha value is -5.61. The van der Waals surface area contributed by atoms with Gasteiger partial charge in [0.25, 0.3) is 0 Å². The standard InChI is InChI=1S/C37H21N3O/c1-3-10-22(11-4-1)35-38-36(23-12-5-2-6-13-23)40-37(39-35)25-19-18-24-21-31-34-32(29(24)20-25)27-15-8-7-14-26(27)28-16-9-17-30(41-31)33(28)34/h1-21H. The molecule has 0 aliphatic heterocycles. The van der Waals surface area contributed by atoms with Crippen molar-refractivity contribution in [3.8, 4) is 34.2 Å². The van der Waals surface area contributed by atoms with E-state index in [9.17, 15) is 0 Å². The maximum atomic E-state index is 6.40. The number of hydrogen-bond acceptors (Lipinski definition) is 4. The molecule has 9 aromatic rings. The molecule has 41 heavy (non-hydrogen) atoms. The normalized spacial score (nSPS) is 11.9. The van der Waals surface area contributed by atoms with Crippen LogP contribution in [0.3, 0.4) is 0 Å². The van der Waals surface area contributed by atoms with Crippen molar-refractivity contribution < 1.29 is 4.42 Å². The first-order valence-corrected chi connectivity index (χ1v) is 13.7. The van der Waals surface area contributed by atoms with Gasteiger partial charge in [0.2, 0.25) is 0 Å². The first kappa shape index (κ1) is 22.2. The summed E-state index contributed by atoms with van der Waals surface area (Å²) < 4.78 is 6.40. The van der Waals surface area contributed by atoms with Gasteiger partial charge in [-0.25, -0.2) is 15.0 Å². The van der Waals surface area contributed by atoms with E-state index in [2.05, 4.69) is 66.7 Å². The van der Waals surface area contributed by atoms with Crippen molar-refractivity contribution in [2.75, 3.05) is 0 Å². The lowest BCUT2D eigenvalue weighted by Crippen LogP contribution is -2.00. The van der Waals surface area contributed by atoms with E-state index in [0.717, 1.165) is 38.6 Å². The Morgan fingerprint density at radius 3 is 1.66 bits per heavy atom. The quantitative estimate of drug-likeness (QED) is 0.216. The lowest BCUT2D eigenvalue weighted by atomic mass is 9.90. The van der Waals surface area contributed by atoms with E-state index in [-0.39, 0.29) is 0 Å². The molecule has 0 saturated heterocycles. The van der Waals surface area contributed by atoms with E-state index < -0.39 is 0 Å². The summed E-state index contributed by atoms with van der Waals surface area (Å²) in [6, 6.07) is 43.8. The van der Waals surface area contributed by atoms with Crippen molar-refractivity contribution in [1.82, 2.24) is 15.0 Å².